The van der Waals surface area contributed by atoms with Gasteiger partial charge in [0.1, 0.15) is 0 Å². The Balaban J connectivity index is 2.78. The molecule has 0 aromatic heterocycles. The van der Waals surface area contributed by atoms with E-state index in [1.54, 1.807) is 0 Å². The van der Waals surface area contributed by atoms with Gasteiger partial charge in [0.05, 0.1) is 6.07 Å². The summed E-state index contributed by atoms with van der Waals surface area (Å²) in [5.41, 5.74) is 2.24. The molecule has 0 saturated carbocycles. The molecule has 1 nitrogen and oxygen atoms in total. The van der Waals surface area contributed by atoms with E-state index in [1.807, 2.05) is 12.2 Å². The Bertz CT molecular complexity index is 238. The van der Waals surface area contributed by atoms with Crippen LogP contribution < -0.4 is 0 Å². The van der Waals surface area contributed by atoms with Crippen LogP contribution in [0.4, 0.5) is 0 Å². The number of nitriles is 1. The van der Waals surface area contributed by atoms with E-state index in [1.165, 1.54) is 5.57 Å². The molecule has 1 aliphatic rings. The van der Waals surface area contributed by atoms with Crippen molar-refractivity contribution in [2.75, 3.05) is 0 Å². The molecule has 0 radical (unpaired) electrons. The molecule has 1 rings (SSSR count). The minimum absolute atomic E-state index is 0.590. The molecule has 0 bridgehead atoms. The molecule has 0 atom stereocenters. The molecule has 0 aromatic carbocycles. The van der Waals surface area contributed by atoms with E-state index in [-0.39, 0.29) is 0 Å². The molecule has 0 aliphatic heterocycles. The van der Waals surface area contributed by atoms with E-state index in [2.05, 4.69) is 19.9 Å². The highest BCUT2D eigenvalue weighted by Crippen LogP contribution is 2.22. The van der Waals surface area contributed by atoms with Crippen LogP contribution in [0.5, 0.6) is 0 Å². The topological polar surface area (TPSA) is 23.8 Å². The molecule has 0 heterocycles. The lowest BCUT2D eigenvalue weighted by atomic mass is 9.92. The van der Waals surface area contributed by atoms with Gasteiger partial charge in [0.25, 0.3) is 0 Å². The molecule has 0 N–H and O–H groups in total. The van der Waals surface area contributed by atoms with Crippen molar-refractivity contribution in [2.45, 2.75) is 26.7 Å². The average Bonchev–Trinajstić information content (AvgIpc) is 2.05. The zero-order chi connectivity index (χ0) is 8.27. The van der Waals surface area contributed by atoms with Gasteiger partial charge in [-0.2, -0.15) is 5.26 Å². The van der Waals surface area contributed by atoms with Crippen LogP contribution in [-0.4, -0.2) is 0 Å². The molecule has 1 heteroatoms. The van der Waals surface area contributed by atoms with E-state index < -0.39 is 0 Å². The van der Waals surface area contributed by atoms with Crippen molar-refractivity contribution in [1.29, 1.82) is 5.26 Å². The first-order valence-corrected chi connectivity index (χ1v) is 4.04. The van der Waals surface area contributed by atoms with Gasteiger partial charge in [0.2, 0.25) is 0 Å². The second kappa shape index (κ2) is 3.39. The zero-order valence-corrected chi connectivity index (χ0v) is 7.09. The minimum atomic E-state index is 0.590. The van der Waals surface area contributed by atoms with E-state index in [4.69, 9.17) is 5.26 Å². The van der Waals surface area contributed by atoms with Crippen molar-refractivity contribution in [3.05, 3.63) is 23.3 Å². The lowest BCUT2D eigenvalue weighted by molar-refractivity contribution is 0.707. The Morgan fingerprint density at radius 2 is 2.27 bits per heavy atom. The maximum absolute atomic E-state index is 8.63. The van der Waals surface area contributed by atoms with Gasteiger partial charge in [0.15, 0.2) is 0 Å². The molecule has 11 heavy (non-hydrogen) atoms. The molecule has 0 amide bonds. The smallest absolute Gasteiger partial charge is 0.0988 e. The molecule has 1 aliphatic carbocycles. The lowest BCUT2D eigenvalue weighted by Crippen LogP contribution is -1.98. The summed E-state index contributed by atoms with van der Waals surface area (Å²) in [6.07, 6.45) is 6.19. The second-order valence-corrected chi connectivity index (χ2v) is 3.18. The summed E-state index contributed by atoms with van der Waals surface area (Å²) in [6.45, 7) is 4.35. The van der Waals surface area contributed by atoms with Gasteiger partial charge in [-0.15, -0.1) is 0 Å². The number of hydrogen-bond donors (Lipinski definition) is 0. The van der Waals surface area contributed by atoms with Crippen LogP contribution in [0.25, 0.3) is 0 Å². The highest BCUT2D eigenvalue weighted by Gasteiger charge is 2.07. The van der Waals surface area contributed by atoms with Crippen molar-refractivity contribution in [2.24, 2.45) is 5.92 Å². The fourth-order valence-corrected chi connectivity index (χ4v) is 1.26. The average molecular weight is 147 g/mol. The van der Waals surface area contributed by atoms with E-state index in [0.717, 1.165) is 18.4 Å². The SMILES string of the molecule is CC(C)C1=CC(C#N)=CCC1. The molecular weight excluding hydrogens is 134 g/mol. The predicted octanol–water partition coefficient (Wildman–Crippen LogP) is 2.81. The van der Waals surface area contributed by atoms with Crippen molar-refractivity contribution < 1.29 is 0 Å². The largest absolute Gasteiger partial charge is 0.192 e. The van der Waals surface area contributed by atoms with Gasteiger partial charge < -0.3 is 0 Å². The Kier molecular flexibility index (Phi) is 2.48. The molecule has 0 aromatic rings. The lowest BCUT2D eigenvalue weighted by Gasteiger charge is -2.13. The van der Waals surface area contributed by atoms with Crippen LogP contribution in [0.15, 0.2) is 23.3 Å². The van der Waals surface area contributed by atoms with Gasteiger partial charge >= 0.3 is 0 Å². The third-order valence-corrected chi connectivity index (χ3v) is 2.01. The first-order valence-electron chi connectivity index (χ1n) is 4.04. The first-order chi connectivity index (χ1) is 5.24. The van der Waals surface area contributed by atoms with Crippen molar-refractivity contribution in [3.63, 3.8) is 0 Å². The van der Waals surface area contributed by atoms with Gasteiger partial charge in [-0.05, 0) is 24.8 Å². The number of nitrogens with zero attached hydrogens (tertiary/aromatic N) is 1. The highest BCUT2D eigenvalue weighted by molar-refractivity contribution is 5.38. The van der Waals surface area contributed by atoms with E-state index >= 15 is 0 Å². The van der Waals surface area contributed by atoms with Gasteiger partial charge in [-0.3, -0.25) is 0 Å². The van der Waals surface area contributed by atoms with E-state index in [9.17, 15) is 0 Å². The molecule has 0 fully saturated rings. The Morgan fingerprint density at radius 3 is 2.82 bits per heavy atom. The summed E-state index contributed by atoms with van der Waals surface area (Å²) >= 11 is 0. The van der Waals surface area contributed by atoms with Crippen LogP contribution >= 0.6 is 0 Å². The van der Waals surface area contributed by atoms with Crippen molar-refractivity contribution in [3.8, 4) is 6.07 Å². The Morgan fingerprint density at radius 1 is 1.55 bits per heavy atom. The quantitative estimate of drug-likeness (QED) is 0.559. The maximum atomic E-state index is 8.63. The standard InChI is InChI=1S/C10H13N/c1-8(2)10-5-3-4-9(6-10)7-11/h4,6,8H,3,5H2,1-2H3. The van der Waals surface area contributed by atoms with Gasteiger partial charge in [-0.25, -0.2) is 0 Å². The monoisotopic (exact) mass is 147 g/mol. The first kappa shape index (κ1) is 8.07. The number of hydrogen-bond acceptors (Lipinski definition) is 1. The van der Waals surface area contributed by atoms with Gasteiger partial charge in [0, 0.05) is 5.57 Å². The zero-order valence-electron chi connectivity index (χ0n) is 7.09. The second-order valence-electron chi connectivity index (χ2n) is 3.18. The number of rotatable bonds is 1. The molecule has 58 valence electrons. The molecule has 0 unspecified atom stereocenters. The third kappa shape index (κ3) is 1.94. The van der Waals surface area contributed by atoms with Crippen LogP contribution in [0.2, 0.25) is 0 Å². The number of allylic oxidation sites excluding steroid dienone is 4. The summed E-state index contributed by atoms with van der Waals surface area (Å²) in [7, 11) is 0. The predicted molar refractivity (Wildman–Crippen MR) is 45.9 cm³/mol. The molecular formula is C10H13N. The van der Waals surface area contributed by atoms with E-state index in [0.29, 0.717) is 5.92 Å². The Labute approximate surface area is 68.0 Å². The van der Waals surface area contributed by atoms with Crippen LogP contribution in [-0.2, 0) is 0 Å². The third-order valence-electron chi connectivity index (χ3n) is 2.01. The summed E-state index contributed by atoms with van der Waals surface area (Å²) in [4.78, 5) is 0. The minimum Gasteiger partial charge on any atom is -0.192 e. The van der Waals surface area contributed by atoms with Crippen LogP contribution in [0, 0.1) is 17.2 Å². The molecule has 0 saturated heterocycles. The van der Waals surface area contributed by atoms with Crippen LogP contribution in [0.1, 0.15) is 26.7 Å². The summed E-state index contributed by atoms with van der Waals surface area (Å²) in [5, 5.41) is 8.63. The summed E-state index contributed by atoms with van der Waals surface area (Å²) in [6, 6.07) is 2.17. The fourth-order valence-electron chi connectivity index (χ4n) is 1.26. The van der Waals surface area contributed by atoms with Gasteiger partial charge in [-0.1, -0.05) is 25.5 Å². The fraction of sp³-hybridized carbons (Fsp3) is 0.500. The highest BCUT2D eigenvalue weighted by atomic mass is 14.2. The van der Waals surface area contributed by atoms with Crippen molar-refractivity contribution >= 4 is 0 Å². The summed E-state index contributed by atoms with van der Waals surface area (Å²) < 4.78 is 0. The Hall–Kier alpha value is -1.03. The van der Waals surface area contributed by atoms with Crippen molar-refractivity contribution in [1.82, 2.24) is 0 Å². The van der Waals surface area contributed by atoms with Crippen LogP contribution in [0.3, 0.4) is 0 Å². The summed E-state index contributed by atoms with van der Waals surface area (Å²) in [5.74, 6) is 0.590. The maximum Gasteiger partial charge on any atom is 0.0988 e. The normalized spacial score (nSPS) is 17.3. The molecule has 0 spiro atoms.